The van der Waals surface area contributed by atoms with E-state index in [2.05, 4.69) is 57.1 Å². The van der Waals surface area contributed by atoms with Gasteiger partial charge in [-0.3, -0.25) is 0 Å². The van der Waals surface area contributed by atoms with Crippen molar-refractivity contribution in [1.29, 1.82) is 0 Å². The molecule has 5 heteroatoms. The molecule has 0 spiro atoms. The van der Waals surface area contributed by atoms with Crippen LogP contribution >= 0.6 is 0 Å². The maximum atomic E-state index is 5.24. The van der Waals surface area contributed by atoms with E-state index in [1.807, 2.05) is 28.9 Å². The predicted molar refractivity (Wildman–Crippen MR) is 105 cm³/mol. The Kier molecular flexibility index (Phi) is 5.38. The fraction of sp³-hybridized carbons (Fsp3) is 0.333. The Morgan fingerprint density at radius 1 is 1.04 bits per heavy atom. The molecule has 3 aromatic rings. The number of ether oxygens (including phenoxy) is 1. The van der Waals surface area contributed by atoms with Gasteiger partial charge in [-0.1, -0.05) is 18.2 Å². The number of aromatic nitrogens is 3. The molecular formula is C21H26N4O. The van der Waals surface area contributed by atoms with Crippen LogP contribution in [0.5, 0.6) is 5.75 Å². The van der Waals surface area contributed by atoms with Crippen LogP contribution in [0.2, 0.25) is 0 Å². The maximum absolute atomic E-state index is 5.24. The molecule has 0 fully saturated rings. The van der Waals surface area contributed by atoms with Gasteiger partial charge in [-0.2, -0.15) is 5.10 Å². The van der Waals surface area contributed by atoms with Crippen molar-refractivity contribution in [2.75, 3.05) is 21.2 Å². The van der Waals surface area contributed by atoms with Gasteiger partial charge in [0.1, 0.15) is 5.75 Å². The molecule has 0 saturated heterocycles. The number of hydrogen-bond donors (Lipinski definition) is 0. The van der Waals surface area contributed by atoms with Crippen LogP contribution in [-0.2, 0) is 6.54 Å². The van der Waals surface area contributed by atoms with Gasteiger partial charge in [0.05, 0.1) is 7.11 Å². The molecule has 0 aliphatic carbocycles. The maximum Gasteiger partial charge on any atom is 0.181 e. The first kappa shape index (κ1) is 18.1. The second-order valence-corrected chi connectivity index (χ2v) is 6.96. The number of nitrogens with zero attached hydrogens (tertiary/aromatic N) is 4. The molecule has 5 nitrogen and oxygen atoms in total. The monoisotopic (exact) mass is 350 g/mol. The van der Waals surface area contributed by atoms with Crippen molar-refractivity contribution in [3.63, 3.8) is 0 Å². The van der Waals surface area contributed by atoms with Crippen LogP contribution in [0.4, 0.5) is 0 Å². The van der Waals surface area contributed by atoms with Gasteiger partial charge >= 0.3 is 0 Å². The van der Waals surface area contributed by atoms with Gasteiger partial charge < -0.3 is 9.64 Å². The first-order valence-corrected chi connectivity index (χ1v) is 8.83. The summed E-state index contributed by atoms with van der Waals surface area (Å²) in [7, 11) is 5.82. The molecule has 0 bridgehead atoms. The summed E-state index contributed by atoms with van der Waals surface area (Å²) in [5, 5.41) is 4.76. The summed E-state index contributed by atoms with van der Waals surface area (Å²) in [5.74, 6) is 2.45. The van der Waals surface area contributed by atoms with E-state index in [4.69, 9.17) is 14.8 Å². The van der Waals surface area contributed by atoms with Gasteiger partial charge in [-0.15, -0.1) is 0 Å². The van der Waals surface area contributed by atoms with Gasteiger partial charge in [-0.25, -0.2) is 9.67 Å². The quantitative estimate of drug-likeness (QED) is 0.666. The Bertz CT molecular complexity index is 866. The van der Waals surface area contributed by atoms with Crippen molar-refractivity contribution in [2.24, 2.45) is 0 Å². The average Bonchev–Trinajstić information content (AvgIpc) is 3.07. The van der Waals surface area contributed by atoms with Crippen LogP contribution in [0.1, 0.15) is 25.5 Å². The Morgan fingerprint density at radius 3 is 2.38 bits per heavy atom. The third-order valence-electron chi connectivity index (χ3n) is 4.15. The van der Waals surface area contributed by atoms with Crippen LogP contribution in [0.3, 0.4) is 0 Å². The highest BCUT2D eigenvalue weighted by Crippen LogP contribution is 2.27. The van der Waals surface area contributed by atoms with Crippen LogP contribution in [0.15, 0.2) is 48.5 Å². The fourth-order valence-electron chi connectivity index (χ4n) is 2.92. The van der Waals surface area contributed by atoms with Crippen molar-refractivity contribution in [2.45, 2.75) is 26.4 Å². The number of benzene rings is 2. The second-order valence-electron chi connectivity index (χ2n) is 6.96. The highest BCUT2D eigenvalue weighted by atomic mass is 16.5. The van der Waals surface area contributed by atoms with Crippen molar-refractivity contribution in [3.05, 3.63) is 54.1 Å². The lowest BCUT2D eigenvalue weighted by Gasteiger charge is -2.12. The molecule has 3 rings (SSSR count). The molecule has 0 amide bonds. The molecule has 0 atom stereocenters. The smallest absolute Gasteiger partial charge is 0.181 e. The minimum absolute atomic E-state index is 0.224. The van der Waals surface area contributed by atoms with Gasteiger partial charge in [0, 0.05) is 23.7 Å². The van der Waals surface area contributed by atoms with Gasteiger partial charge in [0.2, 0.25) is 0 Å². The van der Waals surface area contributed by atoms with Crippen LogP contribution in [0, 0.1) is 0 Å². The minimum Gasteiger partial charge on any atom is -0.497 e. The standard InChI is InChI=1S/C21H26N4O/c1-15(2)25-21(18-8-6-7-16(13-18)14-24(3)4)22-20(23-25)17-9-11-19(26-5)12-10-17/h6-13,15H,14H2,1-5H3. The van der Waals surface area contributed by atoms with Crippen LogP contribution < -0.4 is 4.74 Å². The van der Waals surface area contributed by atoms with Gasteiger partial charge in [0.25, 0.3) is 0 Å². The van der Waals surface area contributed by atoms with Gasteiger partial charge in [-0.05, 0) is 63.8 Å². The molecule has 0 aliphatic heterocycles. The van der Waals surface area contributed by atoms with Crippen LogP contribution in [-0.4, -0.2) is 40.9 Å². The van der Waals surface area contributed by atoms with Crippen LogP contribution in [0.25, 0.3) is 22.8 Å². The van der Waals surface area contributed by atoms with E-state index in [0.717, 1.165) is 35.1 Å². The predicted octanol–water partition coefficient (Wildman–Crippen LogP) is 4.26. The lowest BCUT2D eigenvalue weighted by atomic mass is 10.1. The molecule has 1 aromatic heterocycles. The summed E-state index contributed by atoms with van der Waals surface area (Å²) < 4.78 is 7.23. The number of hydrogen-bond acceptors (Lipinski definition) is 4. The van der Waals surface area contributed by atoms with E-state index in [0.29, 0.717) is 0 Å². The largest absolute Gasteiger partial charge is 0.497 e. The third kappa shape index (κ3) is 3.94. The molecule has 2 aromatic carbocycles. The molecule has 0 radical (unpaired) electrons. The van der Waals surface area contributed by atoms with Gasteiger partial charge in [0.15, 0.2) is 11.6 Å². The van der Waals surface area contributed by atoms with Crippen molar-refractivity contribution in [3.8, 4) is 28.5 Å². The normalized spacial score (nSPS) is 11.3. The van der Waals surface area contributed by atoms with E-state index in [1.54, 1.807) is 7.11 Å². The molecule has 136 valence electrons. The summed E-state index contributed by atoms with van der Waals surface area (Å²) in [4.78, 5) is 7.01. The summed E-state index contributed by atoms with van der Waals surface area (Å²) in [5.41, 5.74) is 3.33. The molecule has 0 saturated carbocycles. The van der Waals surface area contributed by atoms with E-state index < -0.39 is 0 Å². The van der Waals surface area contributed by atoms with Crippen molar-refractivity contribution < 1.29 is 4.74 Å². The third-order valence-corrected chi connectivity index (χ3v) is 4.15. The zero-order valence-corrected chi connectivity index (χ0v) is 16.1. The molecule has 26 heavy (non-hydrogen) atoms. The number of rotatable bonds is 6. The lowest BCUT2D eigenvalue weighted by Crippen LogP contribution is -2.11. The number of methoxy groups -OCH3 is 1. The van der Waals surface area contributed by atoms with E-state index in [1.165, 1.54) is 5.56 Å². The summed E-state index contributed by atoms with van der Waals surface area (Å²) in [6, 6.07) is 16.6. The Hall–Kier alpha value is -2.66. The first-order valence-electron chi connectivity index (χ1n) is 8.83. The average molecular weight is 350 g/mol. The SMILES string of the molecule is COc1ccc(-c2nc(-c3cccc(CN(C)C)c3)n(C(C)C)n2)cc1. The Morgan fingerprint density at radius 2 is 1.77 bits per heavy atom. The molecule has 0 N–H and O–H groups in total. The second kappa shape index (κ2) is 7.70. The Balaban J connectivity index is 2.02. The summed E-state index contributed by atoms with van der Waals surface area (Å²) >= 11 is 0. The highest BCUT2D eigenvalue weighted by Gasteiger charge is 2.16. The van der Waals surface area contributed by atoms with E-state index in [-0.39, 0.29) is 6.04 Å². The summed E-state index contributed by atoms with van der Waals surface area (Å²) in [6.07, 6.45) is 0. The molecule has 0 aliphatic rings. The molecular weight excluding hydrogens is 324 g/mol. The summed E-state index contributed by atoms with van der Waals surface area (Å²) in [6.45, 7) is 5.15. The fourth-order valence-corrected chi connectivity index (χ4v) is 2.92. The molecule has 0 unspecified atom stereocenters. The Labute approximate surface area is 155 Å². The molecule has 1 heterocycles. The zero-order valence-electron chi connectivity index (χ0n) is 16.1. The first-order chi connectivity index (χ1) is 12.5. The van der Waals surface area contributed by atoms with E-state index in [9.17, 15) is 0 Å². The zero-order chi connectivity index (χ0) is 18.7. The topological polar surface area (TPSA) is 43.2 Å². The van der Waals surface area contributed by atoms with E-state index >= 15 is 0 Å². The lowest BCUT2D eigenvalue weighted by molar-refractivity contribution is 0.402. The van der Waals surface area contributed by atoms with Crippen molar-refractivity contribution >= 4 is 0 Å². The minimum atomic E-state index is 0.224. The van der Waals surface area contributed by atoms with Crippen molar-refractivity contribution in [1.82, 2.24) is 19.7 Å². The highest BCUT2D eigenvalue weighted by molar-refractivity contribution is 5.63.